The second kappa shape index (κ2) is 6.52. The molecular weight excluding hydrogens is 320 g/mol. The Labute approximate surface area is 144 Å². The Kier molecular flexibility index (Phi) is 4.07. The van der Waals surface area contributed by atoms with Crippen molar-refractivity contribution in [1.29, 1.82) is 0 Å². The van der Waals surface area contributed by atoms with Crippen LogP contribution in [0, 0.1) is 0 Å². The van der Waals surface area contributed by atoms with Crippen molar-refractivity contribution in [3.05, 3.63) is 70.8 Å². The van der Waals surface area contributed by atoms with Gasteiger partial charge in [0.2, 0.25) is 5.91 Å². The van der Waals surface area contributed by atoms with E-state index in [1.807, 2.05) is 30.3 Å². The van der Waals surface area contributed by atoms with Crippen LogP contribution >= 0.6 is 0 Å². The van der Waals surface area contributed by atoms with Crippen molar-refractivity contribution in [3.63, 3.8) is 0 Å². The summed E-state index contributed by atoms with van der Waals surface area (Å²) in [4.78, 5) is 26.7. The molecular formula is C18H18N4O3. The molecule has 0 bridgehead atoms. The molecule has 1 fully saturated rings. The van der Waals surface area contributed by atoms with E-state index in [4.69, 9.17) is 4.74 Å². The number of nitrogens with zero attached hydrogens (tertiary/aromatic N) is 4. The smallest absolute Gasteiger partial charge is 0.350 e. The van der Waals surface area contributed by atoms with Crippen molar-refractivity contribution in [3.8, 4) is 0 Å². The highest BCUT2D eigenvalue weighted by Crippen LogP contribution is 2.22. The van der Waals surface area contributed by atoms with Crippen LogP contribution in [-0.2, 0) is 16.1 Å². The first-order chi connectivity index (χ1) is 12.2. The molecule has 0 N–H and O–H groups in total. The fraction of sp³-hybridized carbons (Fsp3) is 0.278. The molecule has 4 rings (SSSR count). The van der Waals surface area contributed by atoms with Crippen LogP contribution in [0.2, 0.25) is 0 Å². The number of pyridine rings is 1. The molecule has 7 nitrogen and oxygen atoms in total. The zero-order valence-corrected chi connectivity index (χ0v) is 13.6. The van der Waals surface area contributed by atoms with Crippen molar-refractivity contribution in [2.24, 2.45) is 0 Å². The normalized spacial score (nSPS) is 17.8. The van der Waals surface area contributed by atoms with E-state index in [2.05, 4.69) is 5.10 Å². The van der Waals surface area contributed by atoms with E-state index in [1.165, 1.54) is 9.08 Å². The van der Waals surface area contributed by atoms with E-state index in [1.54, 1.807) is 29.3 Å². The van der Waals surface area contributed by atoms with Gasteiger partial charge in [-0.15, -0.1) is 5.10 Å². The lowest BCUT2D eigenvalue weighted by molar-refractivity contribution is -0.139. The third-order valence-electron chi connectivity index (χ3n) is 4.36. The second-order valence-electron chi connectivity index (χ2n) is 5.98. The van der Waals surface area contributed by atoms with Crippen LogP contribution in [0.1, 0.15) is 11.7 Å². The number of fused-ring (bicyclic) bond motifs is 1. The summed E-state index contributed by atoms with van der Waals surface area (Å²) in [6.45, 7) is 1.41. The Morgan fingerprint density at radius 1 is 1.16 bits per heavy atom. The first-order valence-electron chi connectivity index (χ1n) is 8.21. The number of carbonyl (C=O) groups excluding carboxylic acids is 1. The Morgan fingerprint density at radius 2 is 1.96 bits per heavy atom. The Bertz CT molecular complexity index is 948. The lowest BCUT2D eigenvalue weighted by Crippen LogP contribution is -2.44. The highest BCUT2D eigenvalue weighted by molar-refractivity contribution is 5.76. The van der Waals surface area contributed by atoms with Gasteiger partial charge in [0.05, 0.1) is 13.2 Å². The standard InChI is InChI=1S/C18H18N4O3/c23-17(13-22-18(24)21-9-5-4-8-16(21)19-22)20-10-11-25-15(12-20)14-6-2-1-3-7-14/h1-9,15H,10-13H2. The Hall–Kier alpha value is -2.93. The average Bonchev–Trinajstić information content (AvgIpc) is 2.98. The zero-order chi connectivity index (χ0) is 17.2. The SMILES string of the molecule is O=C(Cn1nc2ccccn2c1=O)N1CCOC(c2ccccc2)C1. The first kappa shape index (κ1) is 15.6. The number of hydrogen-bond donors (Lipinski definition) is 0. The lowest BCUT2D eigenvalue weighted by atomic mass is 10.1. The molecule has 1 atom stereocenters. The molecule has 0 saturated carbocycles. The summed E-state index contributed by atoms with van der Waals surface area (Å²) < 4.78 is 8.43. The number of rotatable bonds is 3. The number of morpholine rings is 1. The van der Waals surface area contributed by atoms with Gasteiger partial charge >= 0.3 is 5.69 Å². The van der Waals surface area contributed by atoms with Gasteiger partial charge in [-0.25, -0.2) is 9.48 Å². The molecule has 128 valence electrons. The molecule has 0 aliphatic carbocycles. The molecule has 1 unspecified atom stereocenters. The summed E-state index contributed by atoms with van der Waals surface area (Å²) in [5.41, 5.74) is 1.27. The van der Waals surface area contributed by atoms with Gasteiger partial charge in [-0.05, 0) is 17.7 Å². The molecule has 7 heteroatoms. The quantitative estimate of drug-likeness (QED) is 0.717. The third kappa shape index (κ3) is 3.06. The number of hydrogen-bond acceptors (Lipinski definition) is 4. The van der Waals surface area contributed by atoms with Crippen molar-refractivity contribution in [2.75, 3.05) is 19.7 Å². The van der Waals surface area contributed by atoms with Gasteiger partial charge in [0, 0.05) is 12.7 Å². The van der Waals surface area contributed by atoms with Crippen LogP contribution < -0.4 is 5.69 Å². The average molecular weight is 338 g/mol. The molecule has 3 heterocycles. The second-order valence-corrected chi connectivity index (χ2v) is 5.98. The maximum absolute atomic E-state index is 12.6. The minimum absolute atomic E-state index is 0.0674. The van der Waals surface area contributed by atoms with Crippen molar-refractivity contribution < 1.29 is 9.53 Å². The minimum Gasteiger partial charge on any atom is -0.370 e. The van der Waals surface area contributed by atoms with Crippen LogP contribution in [0.5, 0.6) is 0 Å². The van der Waals surface area contributed by atoms with Gasteiger partial charge in [-0.1, -0.05) is 36.4 Å². The Balaban J connectivity index is 1.50. The highest BCUT2D eigenvalue weighted by Gasteiger charge is 2.26. The van der Waals surface area contributed by atoms with E-state index in [0.29, 0.717) is 25.3 Å². The first-order valence-corrected chi connectivity index (χ1v) is 8.21. The van der Waals surface area contributed by atoms with E-state index in [-0.39, 0.29) is 24.2 Å². The molecule has 0 radical (unpaired) electrons. The number of amides is 1. The molecule has 2 aromatic heterocycles. The Morgan fingerprint density at radius 3 is 2.76 bits per heavy atom. The largest absolute Gasteiger partial charge is 0.370 e. The fourth-order valence-electron chi connectivity index (χ4n) is 3.04. The number of ether oxygens (including phenoxy) is 1. The highest BCUT2D eigenvalue weighted by atomic mass is 16.5. The molecule has 1 aliphatic rings. The van der Waals surface area contributed by atoms with Gasteiger partial charge in [-0.2, -0.15) is 0 Å². The van der Waals surface area contributed by atoms with Crippen LogP contribution in [0.25, 0.3) is 5.65 Å². The minimum atomic E-state index is -0.309. The van der Waals surface area contributed by atoms with Crippen LogP contribution in [0.4, 0.5) is 0 Å². The molecule has 25 heavy (non-hydrogen) atoms. The summed E-state index contributed by atoms with van der Waals surface area (Å²) in [7, 11) is 0. The molecule has 1 amide bonds. The molecule has 1 aromatic carbocycles. The summed E-state index contributed by atoms with van der Waals surface area (Å²) in [6, 6.07) is 15.1. The van der Waals surface area contributed by atoms with Gasteiger partial charge in [0.15, 0.2) is 5.65 Å². The fourth-order valence-corrected chi connectivity index (χ4v) is 3.04. The molecule has 1 saturated heterocycles. The van der Waals surface area contributed by atoms with E-state index >= 15 is 0 Å². The summed E-state index contributed by atoms with van der Waals surface area (Å²) >= 11 is 0. The summed E-state index contributed by atoms with van der Waals surface area (Å²) in [5.74, 6) is -0.130. The van der Waals surface area contributed by atoms with Gasteiger partial charge in [0.25, 0.3) is 0 Å². The van der Waals surface area contributed by atoms with E-state index < -0.39 is 0 Å². The number of aromatic nitrogens is 3. The molecule has 3 aromatic rings. The van der Waals surface area contributed by atoms with Gasteiger partial charge in [0.1, 0.15) is 12.6 Å². The molecule has 1 aliphatic heterocycles. The van der Waals surface area contributed by atoms with Crippen molar-refractivity contribution in [2.45, 2.75) is 12.6 Å². The predicted octanol–water partition coefficient (Wildman–Crippen LogP) is 1.10. The van der Waals surface area contributed by atoms with Gasteiger partial charge in [-0.3, -0.25) is 9.20 Å². The zero-order valence-electron chi connectivity index (χ0n) is 13.6. The summed E-state index contributed by atoms with van der Waals surface area (Å²) in [5, 5.41) is 4.21. The summed E-state index contributed by atoms with van der Waals surface area (Å²) in [6.07, 6.45) is 1.50. The van der Waals surface area contributed by atoms with Crippen molar-refractivity contribution in [1.82, 2.24) is 19.1 Å². The maximum atomic E-state index is 12.6. The third-order valence-corrected chi connectivity index (χ3v) is 4.36. The number of benzene rings is 1. The lowest BCUT2D eigenvalue weighted by Gasteiger charge is -2.33. The van der Waals surface area contributed by atoms with Gasteiger partial charge < -0.3 is 9.64 Å². The monoisotopic (exact) mass is 338 g/mol. The molecule has 0 spiro atoms. The topological polar surface area (TPSA) is 68.8 Å². The maximum Gasteiger partial charge on any atom is 0.350 e. The number of carbonyl (C=O) groups is 1. The van der Waals surface area contributed by atoms with Crippen LogP contribution in [-0.4, -0.2) is 44.7 Å². The predicted molar refractivity (Wildman–Crippen MR) is 91.2 cm³/mol. The van der Waals surface area contributed by atoms with E-state index in [0.717, 1.165) is 5.56 Å². The van der Waals surface area contributed by atoms with Crippen molar-refractivity contribution >= 4 is 11.6 Å². The van der Waals surface area contributed by atoms with E-state index in [9.17, 15) is 9.59 Å². The van der Waals surface area contributed by atoms with Crippen LogP contribution in [0.3, 0.4) is 0 Å². The van der Waals surface area contributed by atoms with Crippen LogP contribution in [0.15, 0.2) is 59.5 Å².